The molecular weight excluding hydrogens is 586 g/mol. The molecule has 0 saturated heterocycles. The van der Waals surface area contributed by atoms with Crippen molar-refractivity contribution in [1.82, 2.24) is 10.2 Å². The van der Waals surface area contributed by atoms with E-state index in [-0.39, 0.29) is 29.1 Å². The lowest BCUT2D eigenvalue weighted by molar-refractivity contribution is -0.140. The van der Waals surface area contributed by atoms with Crippen molar-refractivity contribution >= 4 is 39.1 Å². The van der Waals surface area contributed by atoms with E-state index in [4.69, 9.17) is 16.3 Å². The summed E-state index contributed by atoms with van der Waals surface area (Å²) in [7, 11) is -2.67. The summed E-state index contributed by atoms with van der Waals surface area (Å²) in [5, 5.41) is 3.71. The van der Waals surface area contributed by atoms with Crippen molar-refractivity contribution in [3.05, 3.63) is 88.9 Å². The third-order valence-corrected chi connectivity index (χ3v) is 9.87. The van der Waals surface area contributed by atoms with E-state index in [1.54, 1.807) is 60.7 Å². The molecule has 0 aromatic heterocycles. The lowest BCUT2D eigenvalue weighted by Gasteiger charge is -2.34. The average Bonchev–Trinajstić information content (AvgIpc) is 3.01. The van der Waals surface area contributed by atoms with Crippen LogP contribution in [0.25, 0.3) is 0 Å². The molecule has 3 aromatic rings. The summed E-state index contributed by atoms with van der Waals surface area (Å²) in [6.07, 6.45) is 5.45. The van der Waals surface area contributed by atoms with Gasteiger partial charge in [0.2, 0.25) is 11.8 Å². The van der Waals surface area contributed by atoms with Crippen LogP contribution in [0.3, 0.4) is 0 Å². The van der Waals surface area contributed by atoms with Crippen molar-refractivity contribution in [3.63, 3.8) is 0 Å². The maximum atomic E-state index is 14.3. The van der Waals surface area contributed by atoms with Crippen LogP contribution >= 0.6 is 11.6 Å². The van der Waals surface area contributed by atoms with E-state index in [0.717, 1.165) is 47.5 Å². The first-order valence-corrected chi connectivity index (χ1v) is 16.5. The Morgan fingerprint density at radius 1 is 1.00 bits per heavy atom. The lowest BCUT2D eigenvalue weighted by Crippen LogP contribution is -2.54. The Morgan fingerprint density at radius 2 is 1.67 bits per heavy atom. The molecule has 2 amide bonds. The van der Waals surface area contributed by atoms with Crippen LogP contribution < -0.4 is 14.4 Å². The predicted octanol–water partition coefficient (Wildman–Crippen LogP) is 6.11. The first-order valence-electron chi connectivity index (χ1n) is 14.7. The highest BCUT2D eigenvalue weighted by atomic mass is 35.5. The van der Waals surface area contributed by atoms with Crippen molar-refractivity contribution in [2.75, 3.05) is 18.0 Å². The number of amides is 2. The highest BCUT2D eigenvalue weighted by Crippen LogP contribution is 2.28. The van der Waals surface area contributed by atoms with Gasteiger partial charge >= 0.3 is 0 Å². The van der Waals surface area contributed by atoms with Crippen LogP contribution in [0.2, 0.25) is 5.02 Å². The third-order valence-electron chi connectivity index (χ3n) is 7.83. The summed E-state index contributed by atoms with van der Waals surface area (Å²) >= 11 is 6.11. The Labute approximate surface area is 260 Å². The Kier molecular flexibility index (Phi) is 11.1. The minimum atomic E-state index is -4.17. The van der Waals surface area contributed by atoms with Gasteiger partial charge in [0.1, 0.15) is 18.3 Å². The number of carbonyl (C=O) groups is 2. The van der Waals surface area contributed by atoms with Crippen molar-refractivity contribution in [2.45, 2.75) is 75.9 Å². The first kappa shape index (κ1) is 32.4. The minimum absolute atomic E-state index is 0.0556. The van der Waals surface area contributed by atoms with E-state index in [0.29, 0.717) is 17.2 Å². The number of nitrogens with zero attached hydrogens (tertiary/aromatic N) is 2. The summed E-state index contributed by atoms with van der Waals surface area (Å²) in [6, 6.07) is 19.4. The van der Waals surface area contributed by atoms with Crippen molar-refractivity contribution in [2.24, 2.45) is 0 Å². The minimum Gasteiger partial charge on any atom is -0.497 e. The number of carbonyl (C=O) groups excluding carboxylic acids is 2. The number of halogens is 1. The molecule has 0 radical (unpaired) electrons. The molecule has 8 nitrogen and oxygen atoms in total. The smallest absolute Gasteiger partial charge is 0.264 e. The molecule has 1 aliphatic carbocycles. The number of nitrogens with one attached hydrogen (secondary N) is 1. The van der Waals surface area contributed by atoms with Crippen LogP contribution in [0.5, 0.6) is 5.75 Å². The van der Waals surface area contributed by atoms with Gasteiger partial charge in [-0.25, -0.2) is 8.42 Å². The van der Waals surface area contributed by atoms with Gasteiger partial charge in [0.25, 0.3) is 10.0 Å². The Bertz CT molecular complexity index is 1490. The number of ether oxygens (including phenoxy) is 1. The molecule has 0 aliphatic heterocycles. The van der Waals surface area contributed by atoms with Gasteiger partial charge in [-0.1, -0.05) is 73.7 Å². The molecule has 0 bridgehead atoms. The number of benzene rings is 3. The molecule has 4 rings (SSSR count). The number of sulfonamides is 1. The molecule has 1 N–H and O–H groups in total. The Balaban J connectivity index is 1.71. The molecule has 0 spiro atoms. The van der Waals surface area contributed by atoms with E-state index in [1.165, 1.54) is 24.1 Å². The molecule has 10 heteroatoms. The topological polar surface area (TPSA) is 96.0 Å². The van der Waals surface area contributed by atoms with Crippen LogP contribution in [0.15, 0.2) is 77.7 Å². The van der Waals surface area contributed by atoms with Crippen LogP contribution in [0.4, 0.5) is 5.69 Å². The van der Waals surface area contributed by atoms with Crippen LogP contribution in [0.1, 0.15) is 56.6 Å². The third kappa shape index (κ3) is 8.30. The van der Waals surface area contributed by atoms with E-state index >= 15 is 0 Å². The predicted molar refractivity (Wildman–Crippen MR) is 170 cm³/mol. The fourth-order valence-corrected chi connectivity index (χ4v) is 6.91. The van der Waals surface area contributed by atoms with Crippen LogP contribution in [-0.4, -0.2) is 50.9 Å². The monoisotopic (exact) mass is 625 g/mol. The Hall–Kier alpha value is -3.56. The zero-order valence-electron chi connectivity index (χ0n) is 25.0. The largest absolute Gasteiger partial charge is 0.497 e. The molecule has 43 heavy (non-hydrogen) atoms. The number of hydrogen-bond donors (Lipinski definition) is 1. The number of anilines is 1. The van der Waals surface area contributed by atoms with Crippen LogP contribution in [-0.2, 0) is 26.2 Å². The molecular formula is C33H40ClN3O5S. The molecule has 1 fully saturated rings. The van der Waals surface area contributed by atoms with Gasteiger partial charge < -0.3 is 15.0 Å². The van der Waals surface area contributed by atoms with Gasteiger partial charge in [0.05, 0.1) is 17.7 Å². The van der Waals surface area contributed by atoms with Gasteiger partial charge in [-0.3, -0.25) is 13.9 Å². The summed E-state index contributed by atoms with van der Waals surface area (Å²) < 4.78 is 34.6. The van der Waals surface area contributed by atoms with E-state index in [9.17, 15) is 18.0 Å². The average molecular weight is 626 g/mol. The summed E-state index contributed by atoms with van der Waals surface area (Å²) in [5.74, 6) is -0.282. The SMILES string of the molecule is CC[C@H](C(=O)NC1CCCCC1)N(Cc1ccc(Cl)cc1)C(=O)CN(c1cccc(OC)c1)S(=O)(=O)c1ccc(C)cc1. The van der Waals surface area contributed by atoms with E-state index < -0.39 is 28.5 Å². The number of hydrogen-bond acceptors (Lipinski definition) is 5. The zero-order chi connectivity index (χ0) is 31.0. The fraction of sp³-hybridized carbons (Fsp3) is 0.394. The molecule has 1 atom stereocenters. The standard InChI is InChI=1S/C33H40ClN3O5S/c1-4-31(33(39)35-27-9-6-5-7-10-27)36(22-25-15-17-26(34)18-16-25)32(38)23-37(28-11-8-12-29(21-28)42-3)43(40,41)30-19-13-24(2)14-20-30/h8,11-21,27,31H,4-7,9-10,22-23H2,1-3H3,(H,35,39)/t31-/m1/s1. The quantitative estimate of drug-likeness (QED) is 0.262. The highest BCUT2D eigenvalue weighted by molar-refractivity contribution is 7.92. The van der Waals surface area contributed by atoms with Gasteiger partial charge in [0.15, 0.2) is 0 Å². The molecule has 0 heterocycles. The number of methoxy groups -OCH3 is 1. The number of aryl methyl sites for hydroxylation is 1. The van der Waals surface area contributed by atoms with Crippen molar-refractivity contribution in [3.8, 4) is 5.75 Å². The molecule has 1 aliphatic rings. The summed E-state index contributed by atoms with van der Waals surface area (Å²) in [4.78, 5) is 29.5. The molecule has 1 saturated carbocycles. The molecule has 3 aromatic carbocycles. The Morgan fingerprint density at radius 3 is 2.30 bits per heavy atom. The summed E-state index contributed by atoms with van der Waals surface area (Å²) in [5.41, 5.74) is 1.96. The summed E-state index contributed by atoms with van der Waals surface area (Å²) in [6.45, 7) is 3.33. The fourth-order valence-electron chi connectivity index (χ4n) is 5.38. The normalized spacial score (nSPS) is 14.5. The second-order valence-corrected chi connectivity index (χ2v) is 13.2. The lowest BCUT2D eigenvalue weighted by atomic mass is 9.95. The highest BCUT2D eigenvalue weighted by Gasteiger charge is 2.34. The van der Waals surface area contributed by atoms with Gasteiger partial charge in [-0.05, 0) is 68.1 Å². The van der Waals surface area contributed by atoms with Gasteiger partial charge in [-0.15, -0.1) is 0 Å². The number of rotatable bonds is 12. The molecule has 0 unspecified atom stereocenters. The van der Waals surface area contributed by atoms with Crippen molar-refractivity contribution < 1.29 is 22.7 Å². The van der Waals surface area contributed by atoms with Gasteiger partial charge in [0, 0.05) is 23.7 Å². The van der Waals surface area contributed by atoms with Crippen LogP contribution in [0, 0.1) is 6.92 Å². The van der Waals surface area contributed by atoms with E-state index in [2.05, 4.69) is 5.32 Å². The van der Waals surface area contributed by atoms with Crippen molar-refractivity contribution in [1.29, 1.82) is 0 Å². The second kappa shape index (κ2) is 14.8. The second-order valence-electron chi connectivity index (χ2n) is 10.9. The maximum absolute atomic E-state index is 14.3. The zero-order valence-corrected chi connectivity index (χ0v) is 26.5. The van der Waals surface area contributed by atoms with Gasteiger partial charge in [-0.2, -0.15) is 0 Å². The first-order chi connectivity index (χ1) is 20.6. The van der Waals surface area contributed by atoms with E-state index in [1.807, 2.05) is 13.8 Å². The maximum Gasteiger partial charge on any atom is 0.264 e. The molecule has 230 valence electrons.